The van der Waals surface area contributed by atoms with Crippen molar-refractivity contribution in [1.29, 1.82) is 0 Å². The van der Waals surface area contributed by atoms with Gasteiger partial charge >= 0.3 is 0 Å². The predicted molar refractivity (Wildman–Crippen MR) is 92.0 cm³/mol. The van der Waals surface area contributed by atoms with Crippen molar-refractivity contribution in [3.05, 3.63) is 17.5 Å². The molecule has 8 heteroatoms. The SMILES string of the molecule is CC(C)CCNC(=O)CN1CCN(S(=O)(=O)c2cccs2)CC1. The minimum Gasteiger partial charge on any atom is -0.355 e. The van der Waals surface area contributed by atoms with Gasteiger partial charge in [0.2, 0.25) is 5.91 Å². The van der Waals surface area contributed by atoms with E-state index in [1.54, 1.807) is 17.5 Å². The highest BCUT2D eigenvalue weighted by atomic mass is 32.2. The van der Waals surface area contributed by atoms with Gasteiger partial charge in [0.05, 0.1) is 6.54 Å². The number of carbonyl (C=O) groups excluding carboxylic acids is 1. The Morgan fingerprint density at radius 1 is 1.30 bits per heavy atom. The van der Waals surface area contributed by atoms with E-state index in [2.05, 4.69) is 19.2 Å². The number of amides is 1. The molecule has 23 heavy (non-hydrogen) atoms. The number of rotatable bonds is 7. The molecular formula is C15H25N3O3S2. The van der Waals surface area contributed by atoms with Crippen LogP contribution < -0.4 is 5.32 Å². The molecule has 0 unspecified atom stereocenters. The summed E-state index contributed by atoms with van der Waals surface area (Å²) in [5, 5.41) is 4.68. The average molecular weight is 360 g/mol. The third kappa shape index (κ3) is 5.27. The Hall–Kier alpha value is -0.960. The number of piperazine rings is 1. The van der Waals surface area contributed by atoms with Crippen LogP contribution in [0.15, 0.2) is 21.7 Å². The minimum atomic E-state index is -3.37. The van der Waals surface area contributed by atoms with Crippen LogP contribution in [-0.2, 0) is 14.8 Å². The van der Waals surface area contributed by atoms with Crippen LogP contribution in [0.5, 0.6) is 0 Å². The first-order chi connectivity index (χ1) is 10.9. The van der Waals surface area contributed by atoms with Crippen molar-refractivity contribution in [2.75, 3.05) is 39.3 Å². The molecule has 130 valence electrons. The third-order valence-electron chi connectivity index (χ3n) is 3.83. The van der Waals surface area contributed by atoms with E-state index in [1.807, 2.05) is 4.90 Å². The molecule has 0 bridgehead atoms. The standard InChI is InChI=1S/C15H25N3O3S2/c1-13(2)5-6-16-14(19)12-17-7-9-18(10-8-17)23(20,21)15-4-3-11-22-15/h3-4,11,13H,5-10,12H2,1-2H3,(H,16,19). The van der Waals surface area contributed by atoms with Crippen LogP contribution >= 0.6 is 11.3 Å². The second-order valence-electron chi connectivity index (χ2n) is 6.14. The summed E-state index contributed by atoms with van der Waals surface area (Å²) < 4.78 is 26.7. The molecule has 1 saturated heterocycles. The van der Waals surface area contributed by atoms with Gasteiger partial charge in [-0.2, -0.15) is 4.31 Å². The summed E-state index contributed by atoms with van der Waals surface area (Å²) in [5.41, 5.74) is 0. The molecule has 0 atom stereocenters. The minimum absolute atomic E-state index is 0.0141. The zero-order valence-corrected chi connectivity index (χ0v) is 15.3. The van der Waals surface area contributed by atoms with Gasteiger partial charge in [0, 0.05) is 32.7 Å². The van der Waals surface area contributed by atoms with Gasteiger partial charge in [-0.25, -0.2) is 8.42 Å². The maximum atomic E-state index is 12.4. The Labute approximate surface area is 142 Å². The van der Waals surface area contributed by atoms with Crippen molar-refractivity contribution in [2.24, 2.45) is 5.92 Å². The average Bonchev–Trinajstić information content (AvgIpc) is 3.02. The molecule has 1 aromatic rings. The predicted octanol–water partition coefficient (Wildman–Crippen LogP) is 1.22. The molecule has 0 saturated carbocycles. The van der Waals surface area contributed by atoms with Gasteiger partial charge in [-0.15, -0.1) is 11.3 Å². The number of thiophene rings is 1. The molecule has 0 radical (unpaired) electrons. The lowest BCUT2D eigenvalue weighted by atomic mass is 10.1. The molecule has 1 fully saturated rings. The second kappa shape index (κ2) is 8.23. The highest BCUT2D eigenvalue weighted by Crippen LogP contribution is 2.21. The molecule has 2 heterocycles. The fourth-order valence-corrected chi connectivity index (χ4v) is 4.99. The third-order valence-corrected chi connectivity index (χ3v) is 7.10. The molecule has 1 N–H and O–H groups in total. The van der Waals surface area contributed by atoms with E-state index in [-0.39, 0.29) is 5.91 Å². The summed E-state index contributed by atoms with van der Waals surface area (Å²) in [5.74, 6) is 0.585. The summed E-state index contributed by atoms with van der Waals surface area (Å²) in [4.78, 5) is 13.9. The molecule has 1 amide bonds. The van der Waals surface area contributed by atoms with Crippen molar-refractivity contribution < 1.29 is 13.2 Å². The highest BCUT2D eigenvalue weighted by molar-refractivity contribution is 7.91. The number of carbonyl (C=O) groups is 1. The summed E-state index contributed by atoms with van der Waals surface area (Å²) in [6.07, 6.45) is 0.971. The lowest BCUT2D eigenvalue weighted by Gasteiger charge is -2.33. The van der Waals surface area contributed by atoms with Gasteiger partial charge < -0.3 is 5.32 Å². The summed E-state index contributed by atoms with van der Waals surface area (Å²) in [7, 11) is -3.37. The van der Waals surface area contributed by atoms with Crippen molar-refractivity contribution in [2.45, 2.75) is 24.5 Å². The first-order valence-electron chi connectivity index (χ1n) is 7.92. The van der Waals surface area contributed by atoms with Gasteiger partial charge in [-0.1, -0.05) is 19.9 Å². The van der Waals surface area contributed by atoms with Gasteiger partial charge in [0.15, 0.2) is 0 Å². The van der Waals surface area contributed by atoms with Crippen molar-refractivity contribution in [3.63, 3.8) is 0 Å². The van der Waals surface area contributed by atoms with Crippen LogP contribution in [-0.4, -0.2) is 62.8 Å². The van der Waals surface area contributed by atoms with Gasteiger partial charge in [0.1, 0.15) is 4.21 Å². The summed E-state index contributed by atoms with van der Waals surface area (Å²) >= 11 is 1.24. The van der Waals surface area contributed by atoms with Crippen LogP contribution in [0.4, 0.5) is 0 Å². The van der Waals surface area contributed by atoms with Crippen LogP contribution in [0.3, 0.4) is 0 Å². The zero-order valence-electron chi connectivity index (χ0n) is 13.7. The van der Waals surface area contributed by atoms with E-state index in [1.165, 1.54) is 15.6 Å². The van der Waals surface area contributed by atoms with Crippen LogP contribution in [0.25, 0.3) is 0 Å². The van der Waals surface area contributed by atoms with E-state index in [4.69, 9.17) is 0 Å². The normalized spacial score (nSPS) is 17.5. The molecule has 1 aliphatic rings. The number of nitrogens with zero attached hydrogens (tertiary/aromatic N) is 2. The van der Waals surface area contributed by atoms with Gasteiger partial charge in [-0.3, -0.25) is 9.69 Å². The fraction of sp³-hybridized carbons (Fsp3) is 0.667. The van der Waals surface area contributed by atoms with Crippen molar-refractivity contribution in [3.8, 4) is 0 Å². The number of hydrogen-bond donors (Lipinski definition) is 1. The molecular weight excluding hydrogens is 334 g/mol. The second-order valence-corrected chi connectivity index (χ2v) is 9.26. The van der Waals surface area contributed by atoms with E-state index in [9.17, 15) is 13.2 Å². The maximum Gasteiger partial charge on any atom is 0.252 e. The Kier molecular flexibility index (Phi) is 6.58. The largest absolute Gasteiger partial charge is 0.355 e. The van der Waals surface area contributed by atoms with Crippen LogP contribution in [0.2, 0.25) is 0 Å². The molecule has 1 aromatic heterocycles. The molecule has 0 aliphatic carbocycles. The Balaban J connectivity index is 1.77. The highest BCUT2D eigenvalue weighted by Gasteiger charge is 2.29. The van der Waals surface area contributed by atoms with Gasteiger partial charge in [0.25, 0.3) is 10.0 Å². The molecule has 6 nitrogen and oxygen atoms in total. The quantitative estimate of drug-likeness (QED) is 0.795. The van der Waals surface area contributed by atoms with E-state index in [0.717, 1.165) is 6.42 Å². The Bertz CT molecular complexity index is 591. The van der Waals surface area contributed by atoms with Crippen molar-refractivity contribution in [1.82, 2.24) is 14.5 Å². The first kappa shape index (κ1) is 18.4. The summed E-state index contributed by atoms with van der Waals surface area (Å²) in [6.45, 7) is 7.32. The number of sulfonamides is 1. The van der Waals surface area contributed by atoms with Crippen molar-refractivity contribution >= 4 is 27.3 Å². The number of nitrogens with one attached hydrogen (secondary N) is 1. The lowest BCUT2D eigenvalue weighted by molar-refractivity contribution is -0.122. The molecule has 1 aliphatic heterocycles. The fourth-order valence-electron chi connectivity index (χ4n) is 2.42. The topological polar surface area (TPSA) is 69.7 Å². The maximum absolute atomic E-state index is 12.4. The lowest BCUT2D eigenvalue weighted by Crippen LogP contribution is -2.51. The monoisotopic (exact) mass is 359 g/mol. The molecule has 2 rings (SSSR count). The molecule has 0 spiro atoms. The number of hydrogen-bond acceptors (Lipinski definition) is 5. The van der Waals surface area contributed by atoms with E-state index >= 15 is 0 Å². The van der Waals surface area contributed by atoms with Crippen LogP contribution in [0.1, 0.15) is 20.3 Å². The first-order valence-corrected chi connectivity index (χ1v) is 10.2. The molecule has 0 aromatic carbocycles. The van der Waals surface area contributed by atoms with Crippen LogP contribution in [0, 0.1) is 5.92 Å². The van der Waals surface area contributed by atoms with Gasteiger partial charge in [-0.05, 0) is 23.8 Å². The summed E-state index contributed by atoms with van der Waals surface area (Å²) in [6, 6.07) is 3.38. The Morgan fingerprint density at radius 3 is 2.57 bits per heavy atom. The zero-order chi connectivity index (χ0) is 16.9. The Morgan fingerprint density at radius 2 is 2.00 bits per heavy atom. The van der Waals surface area contributed by atoms with E-state index in [0.29, 0.717) is 49.4 Å². The smallest absolute Gasteiger partial charge is 0.252 e. The van der Waals surface area contributed by atoms with E-state index < -0.39 is 10.0 Å².